The molecule has 20 heavy (non-hydrogen) atoms. The molecule has 0 radical (unpaired) electrons. The van der Waals surface area contributed by atoms with E-state index in [1.165, 1.54) is 30.4 Å². The molecule has 1 fully saturated rings. The lowest BCUT2D eigenvalue weighted by Gasteiger charge is -2.24. The lowest BCUT2D eigenvalue weighted by molar-refractivity contribution is 0.371. The molecule has 2 aromatic rings. The van der Waals surface area contributed by atoms with Gasteiger partial charge < -0.3 is 5.32 Å². The number of fused-ring (bicyclic) bond motifs is 3. The third-order valence-electron chi connectivity index (χ3n) is 5.01. The molecule has 0 amide bonds. The molecule has 3 atom stereocenters. The Kier molecular flexibility index (Phi) is 3.08. The van der Waals surface area contributed by atoms with Crippen molar-refractivity contribution < 1.29 is 0 Å². The third kappa shape index (κ3) is 1.89. The fourth-order valence-electron chi connectivity index (χ4n) is 4.18. The van der Waals surface area contributed by atoms with Crippen molar-refractivity contribution in [2.45, 2.75) is 31.2 Å². The molecule has 0 aromatic heterocycles. The maximum Gasteiger partial charge on any atom is 0.0360 e. The van der Waals surface area contributed by atoms with Crippen LogP contribution in [0.15, 0.2) is 54.6 Å². The Balaban J connectivity index is 1.84. The predicted molar refractivity (Wildman–Crippen MR) is 82.8 cm³/mol. The van der Waals surface area contributed by atoms with Crippen LogP contribution in [-0.2, 0) is 0 Å². The average Bonchev–Trinajstić information content (AvgIpc) is 2.65. The Bertz CT molecular complexity index is 590. The van der Waals surface area contributed by atoms with Crippen LogP contribution in [0, 0.1) is 5.92 Å². The highest BCUT2D eigenvalue weighted by atomic mass is 14.9. The molecule has 1 aliphatic carbocycles. The molecule has 1 nitrogen and oxygen atoms in total. The Hall–Kier alpha value is -1.60. The van der Waals surface area contributed by atoms with E-state index in [-0.39, 0.29) is 0 Å². The number of nitrogens with one attached hydrogen (secondary N) is 1. The first-order valence-electron chi connectivity index (χ1n) is 7.82. The first kappa shape index (κ1) is 12.2. The molecule has 1 saturated heterocycles. The molecule has 2 aliphatic rings. The van der Waals surface area contributed by atoms with E-state index < -0.39 is 0 Å². The topological polar surface area (TPSA) is 12.0 Å². The van der Waals surface area contributed by atoms with Crippen molar-refractivity contribution in [2.24, 2.45) is 5.92 Å². The summed E-state index contributed by atoms with van der Waals surface area (Å²) in [6, 6.07) is 20.7. The van der Waals surface area contributed by atoms with Crippen molar-refractivity contribution >= 4 is 0 Å². The lowest BCUT2D eigenvalue weighted by Crippen LogP contribution is -2.24. The smallest absolute Gasteiger partial charge is 0.0360 e. The Morgan fingerprint density at radius 3 is 2.40 bits per heavy atom. The van der Waals surface area contributed by atoms with Gasteiger partial charge in [0.05, 0.1) is 0 Å². The maximum absolute atomic E-state index is 3.80. The van der Waals surface area contributed by atoms with E-state index in [4.69, 9.17) is 0 Å². The third-order valence-corrected chi connectivity index (χ3v) is 5.01. The van der Waals surface area contributed by atoms with Crippen LogP contribution in [-0.4, -0.2) is 6.54 Å². The summed E-state index contributed by atoms with van der Waals surface area (Å²) in [4.78, 5) is 0. The Morgan fingerprint density at radius 2 is 1.55 bits per heavy atom. The van der Waals surface area contributed by atoms with Crippen LogP contribution < -0.4 is 5.32 Å². The number of rotatable bonds is 1. The standard InChI is InChI=1S/C19H21N/c1-2-8-14(9-3-1)18-15-10-4-5-11-16(15)19-17(18)12-6-7-13-20-19/h1-5,8-11,17-20H,6-7,12-13H2. The highest BCUT2D eigenvalue weighted by molar-refractivity contribution is 5.46. The van der Waals surface area contributed by atoms with E-state index in [0.29, 0.717) is 12.0 Å². The summed E-state index contributed by atoms with van der Waals surface area (Å²) < 4.78 is 0. The second-order valence-corrected chi connectivity index (χ2v) is 6.11. The van der Waals surface area contributed by atoms with Crippen molar-refractivity contribution in [1.82, 2.24) is 5.32 Å². The van der Waals surface area contributed by atoms with Crippen molar-refractivity contribution in [1.29, 1.82) is 0 Å². The van der Waals surface area contributed by atoms with Gasteiger partial charge in [0, 0.05) is 12.0 Å². The first-order valence-corrected chi connectivity index (χ1v) is 7.82. The van der Waals surface area contributed by atoms with Gasteiger partial charge in [-0.15, -0.1) is 0 Å². The molecule has 1 aliphatic heterocycles. The quantitative estimate of drug-likeness (QED) is 0.810. The molecule has 2 aromatic carbocycles. The predicted octanol–water partition coefficient (Wildman–Crippen LogP) is 4.26. The van der Waals surface area contributed by atoms with Gasteiger partial charge in [-0.05, 0) is 42.0 Å². The van der Waals surface area contributed by atoms with Crippen LogP contribution in [0.2, 0.25) is 0 Å². The minimum Gasteiger partial charge on any atom is -0.310 e. The first-order chi connectivity index (χ1) is 9.95. The van der Waals surface area contributed by atoms with Crippen molar-refractivity contribution in [2.75, 3.05) is 6.54 Å². The largest absolute Gasteiger partial charge is 0.310 e. The van der Waals surface area contributed by atoms with Gasteiger partial charge in [-0.2, -0.15) is 0 Å². The van der Waals surface area contributed by atoms with Crippen LogP contribution in [0.3, 0.4) is 0 Å². The highest BCUT2D eigenvalue weighted by Crippen LogP contribution is 2.51. The van der Waals surface area contributed by atoms with E-state index in [1.54, 1.807) is 5.56 Å². The molecular formula is C19H21N. The molecule has 3 unspecified atom stereocenters. The monoisotopic (exact) mass is 263 g/mol. The number of hydrogen-bond donors (Lipinski definition) is 1. The van der Waals surface area contributed by atoms with E-state index in [2.05, 4.69) is 59.9 Å². The summed E-state index contributed by atoms with van der Waals surface area (Å²) in [5.41, 5.74) is 4.56. The van der Waals surface area contributed by atoms with Crippen LogP contribution in [0.1, 0.15) is 47.9 Å². The zero-order chi connectivity index (χ0) is 13.4. The van der Waals surface area contributed by atoms with Crippen LogP contribution in [0.4, 0.5) is 0 Å². The molecule has 102 valence electrons. The maximum atomic E-state index is 3.80. The molecule has 1 heterocycles. The molecule has 1 N–H and O–H groups in total. The van der Waals surface area contributed by atoms with Gasteiger partial charge in [0.1, 0.15) is 0 Å². The van der Waals surface area contributed by atoms with Crippen LogP contribution >= 0.6 is 0 Å². The summed E-state index contributed by atoms with van der Waals surface area (Å²) >= 11 is 0. The minimum atomic E-state index is 0.555. The second kappa shape index (κ2) is 5.06. The van der Waals surface area contributed by atoms with Gasteiger partial charge >= 0.3 is 0 Å². The highest BCUT2D eigenvalue weighted by Gasteiger charge is 2.41. The molecular weight excluding hydrogens is 242 g/mol. The Morgan fingerprint density at radius 1 is 0.800 bits per heavy atom. The van der Waals surface area contributed by atoms with Gasteiger partial charge in [0.25, 0.3) is 0 Å². The van der Waals surface area contributed by atoms with Gasteiger partial charge in [-0.1, -0.05) is 61.0 Å². The molecule has 0 spiro atoms. The zero-order valence-corrected chi connectivity index (χ0v) is 11.8. The summed E-state index contributed by atoms with van der Waals surface area (Å²) in [7, 11) is 0. The second-order valence-electron chi connectivity index (χ2n) is 6.11. The van der Waals surface area contributed by atoms with Gasteiger partial charge in [0.15, 0.2) is 0 Å². The molecule has 0 saturated carbocycles. The van der Waals surface area contributed by atoms with Crippen molar-refractivity contribution in [3.8, 4) is 0 Å². The average molecular weight is 263 g/mol. The van der Waals surface area contributed by atoms with Crippen molar-refractivity contribution in [3.63, 3.8) is 0 Å². The number of hydrogen-bond acceptors (Lipinski definition) is 1. The lowest BCUT2D eigenvalue weighted by atomic mass is 9.82. The summed E-state index contributed by atoms with van der Waals surface area (Å²) in [5, 5.41) is 3.80. The molecule has 0 bridgehead atoms. The Labute approximate surface area is 121 Å². The van der Waals surface area contributed by atoms with Crippen molar-refractivity contribution in [3.05, 3.63) is 71.3 Å². The van der Waals surface area contributed by atoms with Gasteiger partial charge in [-0.3, -0.25) is 0 Å². The van der Waals surface area contributed by atoms with E-state index in [1.807, 2.05) is 0 Å². The van der Waals surface area contributed by atoms with Crippen LogP contribution in [0.25, 0.3) is 0 Å². The molecule has 1 heteroatoms. The summed E-state index contributed by atoms with van der Waals surface area (Å²) in [6.45, 7) is 1.16. The van der Waals surface area contributed by atoms with Crippen LogP contribution in [0.5, 0.6) is 0 Å². The fraction of sp³-hybridized carbons (Fsp3) is 0.368. The zero-order valence-electron chi connectivity index (χ0n) is 11.8. The van der Waals surface area contributed by atoms with Gasteiger partial charge in [0.2, 0.25) is 0 Å². The normalized spacial score (nSPS) is 28.5. The van der Waals surface area contributed by atoms with Gasteiger partial charge in [-0.25, -0.2) is 0 Å². The summed E-state index contributed by atoms with van der Waals surface area (Å²) in [6.07, 6.45) is 4.01. The van der Waals surface area contributed by atoms with E-state index in [9.17, 15) is 0 Å². The minimum absolute atomic E-state index is 0.555. The summed E-state index contributed by atoms with van der Waals surface area (Å²) in [5.74, 6) is 1.29. The number of benzene rings is 2. The molecule has 4 rings (SSSR count). The van der Waals surface area contributed by atoms with E-state index >= 15 is 0 Å². The van der Waals surface area contributed by atoms with E-state index in [0.717, 1.165) is 12.5 Å². The SMILES string of the molecule is c1ccc(C2c3ccccc3C3NCCCCC32)cc1. The fourth-order valence-corrected chi connectivity index (χ4v) is 4.18.